The van der Waals surface area contributed by atoms with Crippen molar-refractivity contribution in [1.29, 1.82) is 5.26 Å². The summed E-state index contributed by atoms with van der Waals surface area (Å²) in [6.45, 7) is 4.81. The summed E-state index contributed by atoms with van der Waals surface area (Å²) in [5.74, 6) is -0.128. The van der Waals surface area contributed by atoms with Gasteiger partial charge < -0.3 is 19.6 Å². The molecule has 0 spiro atoms. The lowest BCUT2D eigenvalue weighted by atomic mass is 9.84. The average Bonchev–Trinajstić information content (AvgIpc) is 3.16. The Balaban J connectivity index is 1.84. The molecule has 6 nitrogen and oxygen atoms in total. The molecule has 160 valence electrons. The molecule has 3 aromatic rings. The predicted molar refractivity (Wildman–Crippen MR) is 117 cm³/mol. The molecule has 2 aromatic carbocycles. The summed E-state index contributed by atoms with van der Waals surface area (Å²) in [5.41, 5.74) is 4.28. The van der Waals surface area contributed by atoms with E-state index < -0.39 is 11.6 Å². The van der Waals surface area contributed by atoms with Crippen LogP contribution in [0.3, 0.4) is 0 Å². The number of hydrogen-bond acceptors (Lipinski definition) is 4. The van der Waals surface area contributed by atoms with E-state index in [1.165, 1.54) is 0 Å². The maximum absolute atomic E-state index is 11.7. The van der Waals surface area contributed by atoms with E-state index in [1.807, 2.05) is 50.2 Å². The first-order valence-corrected chi connectivity index (χ1v) is 10.6. The molecule has 0 fully saturated rings. The highest BCUT2D eigenvalue weighted by molar-refractivity contribution is 5.94. The van der Waals surface area contributed by atoms with Crippen LogP contribution in [0.1, 0.15) is 54.1 Å². The van der Waals surface area contributed by atoms with E-state index in [0.29, 0.717) is 31.6 Å². The van der Waals surface area contributed by atoms with E-state index in [4.69, 9.17) is 9.47 Å². The molecule has 31 heavy (non-hydrogen) atoms. The van der Waals surface area contributed by atoms with Crippen LogP contribution >= 0.6 is 0 Å². The Morgan fingerprint density at radius 3 is 2.81 bits per heavy atom. The summed E-state index contributed by atoms with van der Waals surface area (Å²) in [6.07, 6.45) is 1.94. The zero-order valence-corrected chi connectivity index (χ0v) is 17.8. The van der Waals surface area contributed by atoms with Crippen molar-refractivity contribution in [3.8, 4) is 11.8 Å². The van der Waals surface area contributed by atoms with Gasteiger partial charge in [-0.15, -0.1) is 0 Å². The molecule has 0 aliphatic carbocycles. The maximum atomic E-state index is 11.7. The lowest BCUT2D eigenvalue weighted by Crippen LogP contribution is -2.37. The van der Waals surface area contributed by atoms with Crippen molar-refractivity contribution >= 4 is 16.9 Å². The second-order valence-corrected chi connectivity index (χ2v) is 8.06. The zero-order valence-electron chi connectivity index (χ0n) is 17.8. The van der Waals surface area contributed by atoms with Crippen LogP contribution in [0.2, 0.25) is 0 Å². The molecule has 0 saturated heterocycles. The highest BCUT2D eigenvalue weighted by Gasteiger charge is 2.42. The fraction of sp³-hybridized carbons (Fsp3) is 0.360. The number of ether oxygens (including phenoxy) is 2. The number of nitrogens with one attached hydrogen (secondary N) is 1. The third-order valence-electron chi connectivity index (χ3n) is 6.08. The molecule has 0 radical (unpaired) electrons. The SMILES string of the molecule is CCCC1(CC(=O)O)OCCc2c1[nH]c1c(C)c(COc3ccccc3)cc(C#N)c21. The second-order valence-electron chi connectivity index (χ2n) is 8.06. The predicted octanol–water partition coefficient (Wildman–Crippen LogP) is 4.97. The number of carboxylic acids is 1. The quantitative estimate of drug-likeness (QED) is 0.565. The fourth-order valence-corrected chi connectivity index (χ4v) is 4.68. The Hall–Kier alpha value is -3.30. The first kappa shape index (κ1) is 21.0. The topological polar surface area (TPSA) is 95.3 Å². The van der Waals surface area contributed by atoms with Gasteiger partial charge in [0, 0.05) is 5.39 Å². The smallest absolute Gasteiger partial charge is 0.306 e. The van der Waals surface area contributed by atoms with Crippen LogP contribution < -0.4 is 4.74 Å². The monoisotopic (exact) mass is 418 g/mol. The molecule has 4 rings (SSSR count). The van der Waals surface area contributed by atoms with Crippen LogP contribution in [0.25, 0.3) is 10.9 Å². The van der Waals surface area contributed by atoms with Crippen molar-refractivity contribution in [2.24, 2.45) is 0 Å². The van der Waals surface area contributed by atoms with E-state index in [2.05, 4.69) is 11.1 Å². The van der Waals surface area contributed by atoms with Gasteiger partial charge in [0.1, 0.15) is 18.0 Å². The molecule has 1 unspecified atom stereocenters. The lowest BCUT2D eigenvalue weighted by Gasteiger charge is -2.36. The first-order valence-electron chi connectivity index (χ1n) is 10.6. The van der Waals surface area contributed by atoms with Crippen molar-refractivity contribution in [2.45, 2.75) is 51.7 Å². The molecule has 1 aliphatic heterocycles. The number of nitriles is 1. The number of aromatic nitrogens is 1. The van der Waals surface area contributed by atoms with Gasteiger partial charge in [-0.05, 0) is 54.7 Å². The number of nitrogens with zero attached hydrogens (tertiary/aromatic N) is 1. The van der Waals surface area contributed by atoms with Crippen molar-refractivity contribution in [1.82, 2.24) is 4.98 Å². The summed E-state index contributed by atoms with van der Waals surface area (Å²) in [7, 11) is 0. The standard InChI is InChI=1S/C25H26N2O4/c1-3-10-25(13-21(28)29)24-20(9-11-31-25)22-17(14-26)12-18(16(2)23(22)27-24)15-30-19-7-5-4-6-8-19/h4-8,12,27H,3,9-11,13,15H2,1-2H3,(H,28,29). The number of para-hydroxylation sites is 1. The largest absolute Gasteiger partial charge is 0.489 e. The van der Waals surface area contributed by atoms with Gasteiger partial charge in [0.2, 0.25) is 0 Å². The number of aryl methyl sites for hydroxylation is 1. The summed E-state index contributed by atoms with van der Waals surface area (Å²) in [5, 5.41) is 20.4. The molecule has 0 amide bonds. The Morgan fingerprint density at radius 1 is 1.35 bits per heavy atom. The second kappa shape index (κ2) is 8.44. The maximum Gasteiger partial charge on any atom is 0.306 e. The number of carboxylic acid groups (broad SMARTS) is 1. The molecule has 0 saturated carbocycles. The fourth-order valence-electron chi connectivity index (χ4n) is 4.68. The van der Waals surface area contributed by atoms with Crippen molar-refractivity contribution < 1.29 is 19.4 Å². The van der Waals surface area contributed by atoms with E-state index >= 15 is 0 Å². The van der Waals surface area contributed by atoms with E-state index in [0.717, 1.165) is 45.5 Å². The molecule has 0 bridgehead atoms. The molecule has 6 heteroatoms. The summed E-state index contributed by atoms with van der Waals surface area (Å²) in [4.78, 5) is 15.2. The van der Waals surface area contributed by atoms with E-state index in [1.54, 1.807) is 0 Å². The number of aliphatic carboxylic acids is 1. The Morgan fingerprint density at radius 2 is 2.13 bits per heavy atom. The number of rotatable bonds is 7. The molecule has 1 atom stereocenters. The zero-order chi connectivity index (χ0) is 22.0. The number of H-pyrrole nitrogens is 1. The summed E-state index contributed by atoms with van der Waals surface area (Å²) < 4.78 is 12.0. The molecular weight excluding hydrogens is 392 g/mol. The van der Waals surface area contributed by atoms with Crippen LogP contribution in [0.5, 0.6) is 5.75 Å². The van der Waals surface area contributed by atoms with Crippen molar-refractivity contribution in [2.75, 3.05) is 6.61 Å². The van der Waals surface area contributed by atoms with Gasteiger partial charge in [0.25, 0.3) is 0 Å². The van der Waals surface area contributed by atoms with Gasteiger partial charge in [-0.3, -0.25) is 4.79 Å². The molecule has 2 N–H and O–H groups in total. The molecule has 2 heterocycles. The number of hydrogen-bond donors (Lipinski definition) is 2. The molecular formula is C25H26N2O4. The molecule has 1 aliphatic rings. The number of aromatic amines is 1. The lowest BCUT2D eigenvalue weighted by molar-refractivity contribution is -0.149. The van der Waals surface area contributed by atoms with Gasteiger partial charge >= 0.3 is 5.97 Å². The minimum absolute atomic E-state index is 0.106. The van der Waals surface area contributed by atoms with E-state index in [9.17, 15) is 15.2 Å². The molecule has 1 aromatic heterocycles. The first-order chi connectivity index (χ1) is 15.0. The highest BCUT2D eigenvalue weighted by atomic mass is 16.5. The van der Waals surface area contributed by atoms with Crippen LogP contribution in [0.15, 0.2) is 36.4 Å². The van der Waals surface area contributed by atoms with Crippen LogP contribution in [0, 0.1) is 18.3 Å². The summed E-state index contributed by atoms with van der Waals surface area (Å²) >= 11 is 0. The minimum Gasteiger partial charge on any atom is -0.489 e. The van der Waals surface area contributed by atoms with Gasteiger partial charge in [-0.25, -0.2) is 0 Å². The third kappa shape index (κ3) is 3.77. The number of benzene rings is 2. The third-order valence-corrected chi connectivity index (χ3v) is 6.08. The van der Waals surface area contributed by atoms with Crippen molar-refractivity contribution in [3.63, 3.8) is 0 Å². The van der Waals surface area contributed by atoms with E-state index in [-0.39, 0.29) is 6.42 Å². The minimum atomic E-state index is -0.896. The number of carbonyl (C=O) groups is 1. The van der Waals surface area contributed by atoms with Gasteiger partial charge in [-0.2, -0.15) is 5.26 Å². The van der Waals surface area contributed by atoms with Crippen LogP contribution in [-0.4, -0.2) is 22.7 Å². The summed E-state index contributed by atoms with van der Waals surface area (Å²) in [6, 6.07) is 13.8. The Labute approximate surface area is 181 Å². The van der Waals surface area contributed by atoms with Crippen LogP contribution in [-0.2, 0) is 28.2 Å². The highest BCUT2D eigenvalue weighted by Crippen LogP contribution is 2.44. The van der Waals surface area contributed by atoms with Gasteiger partial charge in [-0.1, -0.05) is 31.5 Å². The van der Waals surface area contributed by atoms with Gasteiger partial charge in [0.05, 0.1) is 35.9 Å². The van der Waals surface area contributed by atoms with Crippen LogP contribution in [0.4, 0.5) is 0 Å². The Kier molecular flexibility index (Phi) is 5.71. The Bertz CT molecular complexity index is 1160. The van der Waals surface area contributed by atoms with Crippen molar-refractivity contribution in [3.05, 3.63) is 64.3 Å². The number of fused-ring (bicyclic) bond motifs is 3. The average molecular weight is 418 g/mol. The van der Waals surface area contributed by atoms with Gasteiger partial charge in [0.15, 0.2) is 0 Å². The normalized spacial score (nSPS) is 17.8.